The number of ether oxygens (including phenoxy) is 1. The van der Waals surface area contributed by atoms with Crippen molar-refractivity contribution in [3.63, 3.8) is 0 Å². The summed E-state index contributed by atoms with van der Waals surface area (Å²) >= 11 is 0. The van der Waals surface area contributed by atoms with Crippen molar-refractivity contribution in [2.45, 2.75) is 51.9 Å². The topological polar surface area (TPSA) is 66.5 Å². The molecule has 0 radical (unpaired) electrons. The van der Waals surface area contributed by atoms with Gasteiger partial charge >= 0.3 is 0 Å². The number of nitrogens with zero attached hydrogens (tertiary/aromatic N) is 1. The van der Waals surface area contributed by atoms with Gasteiger partial charge in [0.2, 0.25) is 5.55 Å². The van der Waals surface area contributed by atoms with Crippen LogP contribution < -0.4 is 15.2 Å². The van der Waals surface area contributed by atoms with Crippen molar-refractivity contribution in [1.82, 2.24) is 0 Å². The van der Waals surface area contributed by atoms with E-state index < -0.39 is 0 Å². The van der Waals surface area contributed by atoms with Crippen molar-refractivity contribution in [2.24, 2.45) is 0 Å². The van der Waals surface area contributed by atoms with E-state index in [2.05, 4.69) is 6.92 Å². The Labute approximate surface area is 184 Å². The van der Waals surface area contributed by atoms with Gasteiger partial charge in [-0.3, -0.25) is 10.2 Å². The van der Waals surface area contributed by atoms with Gasteiger partial charge in [-0.2, -0.15) is 0 Å². The Kier molecular flexibility index (Phi) is 8.27. The molecule has 0 saturated carbocycles. The summed E-state index contributed by atoms with van der Waals surface area (Å²) in [6, 6.07) is 16.7. The number of rotatable bonds is 11. The van der Waals surface area contributed by atoms with Gasteiger partial charge in [-0.15, -0.1) is 0 Å². The van der Waals surface area contributed by atoms with Crippen molar-refractivity contribution in [3.8, 4) is 5.75 Å². The molecule has 0 atom stereocenters. The summed E-state index contributed by atoms with van der Waals surface area (Å²) in [7, 11) is 1.61. The smallest absolute Gasteiger partial charge is 0.263 e. The van der Waals surface area contributed by atoms with Gasteiger partial charge in [0, 0.05) is 11.9 Å². The lowest BCUT2D eigenvalue weighted by Crippen LogP contribution is -2.35. The molecule has 31 heavy (non-hydrogen) atoms. The fourth-order valence-electron chi connectivity index (χ4n) is 3.79. The van der Waals surface area contributed by atoms with Crippen molar-refractivity contribution < 1.29 is 13.9 Å². The molecule has 5 nitrogen and oxygen atoms in total. The lowest BCUT2D eigenvalue weighted by atomic mass is 10.1. The Balaban J connectivity index is 1.84. The van der Waals surface area contributed by atoms with E-state index in [-0.39, 0.29) is 17.0 Å². The predicted octanol–water partition coefficient (Wildman–Crippen LogP) is 6.32. The SMILES string of the molecule is CCCCCCCCCN(C(=O)c1cc2ccccc2oc1=N)c1ccccc1OC. The number of hydrogen-bond acceptors (Lipinski definition) is 4. The van der Waals surface area contributed by atoms with Crippen LogP contribution in [0.15, 0.2) is 59.0 Å². The second-order valence-corrected chi connectivity index (χ2v) is 7.78. The first-order valence-corrected chi connectivity index (χ1v) is 11.2. The predicted molar refractivity (Wildman–Crippen MR) is 125 cm³/mol. The Hall–Kier alpha value is -3.08. The second-order valence-electron chi connectivity index (χ2n) is 7.78. The Morgan fingerprint density at radius 2 is 1.65 bits per heavy atom. The number of amides is 1. The van der Waals surface area contributed by atoms with Crippen LogP contribution in [-0.2, 0) is 0 Å². The van der Waals surface area contributed by atoms with Crippen molar-refractivity contribution in [1.29, 1.82) is 5.41 Å². The van der Waals surface area contributed by atoms with Crippen LogP contribution in [0.5, 0.6) is 5.75 Å². The van der Waals surface area contributed by atoms with E-state index in [1.165, 1.54) is 32.1 Å². The molecular formula is C26H32N2O3. The molecule has 2 aromatic carbocycles. The highest BCUT2D eigenvalue weighted by Crippen LogP contribution is 2.29. The first kappa shape index (κ1) is 22.6. The van der Waals surface area contributed by atoms with Gasteiger partial charge in [-0.05, 0) is 30.7 Å². The van der Waals surface area contributed by atoms with Crippen LogP contribution in [0.3, 0.4) is 0 Å². The number of unbranched alkanes of at least 4 members (excludes halogenated alkanes) is 6. The minimum Gasteiger partial charge on any atom is -0.495 e. The number of carbonyl (C=O) groups is 1. The van der Waals surface area contributed by atoms with Gasteiger partial charge in [0.05, 0.1) is 12.8 Å². The molecule has 1 amide bonds. The van der Waals surface area contributed by atoms with Crippen LogP contribution in [0.25, 0.3) is 11.0 Å². The van der Waals surface area contributed by atoms with Crippen LogP contribution in [0.2, 0.25) is 0 Å². The molecular weight excluding hydrogens is 388 g/mol. The highest BCUT2D eigenvalue weighted by Gasteiger charge is 2.23. The van der Waals surface area contributed by atoms with Crippen molar-refractivity contribution in [3.05, 3.63) is 65.7 Å². The highest BCUT2D eigenvalue weighted by molar-refractivity contribution is 6.07. The van der Waals surface area contributed by atoms with Crippen LogP contribution >= 0.6 is 0 Å². The van der Waals surface area contributed by atoms with Gasteiger partial charge in [-0.25, -0.2) is 0 Å². The van der Waals surface area contributed by atoms with Crippen LogP contribution in [-0.4, -0.2) is 19.6 Å². The van der Waals surface area contributed by atoms with Gasteiger partial charge < -0.3 is 14.1 Å². The molecule has 0 bridgehead atoms. The van der Waals surface area contributed by atoms with E-state index in [4.69, 9.17) is 14.6 Å². The van der Waals surface area contributed by atoms with E-state index >= 15 is 0 Å². The average molecular weight is 421 g/mol. The molecule has 1 N–H and O–H groups in total. The van der Waals surface area contributed by atoms with E-state index in [0.717, 1.165) is 18.2 Å². The highest BCUT2D eigenvalue weighted by atomic mass is 16.5. The van der Waals surface area contributed by atoms with E-state index in [1.807, 2.05) is 42.5 Å². The largest absolute Gasteiger partial charge is 0.495 e. The second kappa shape index (κ2) is 11.3. The van der Waals surface area contributed by atoms with Crippen LogP contribution in [0, 0.1) is 5.41 Å². The molecule has 1 heterocycles. The number of carbonyl (C=O) groups excluding carboxylic acids is 1. The molecule has 1 aromatic heterocycles. The molecule has 164 valence electrons. The van der Waals surface area contributed by atoms with Crippen molar-refractivity contribution >= 4 is 22.6 Å². The summed E-state index contributed by atoms with van der Waals surface area (Å²) in [4.78, 5) is 15.3. The first-order valence-electron chi connectivity index (χ1n) is 11.2. The summed E-state index contributed by atoms with van der Waals surface area (Å²) in [5.74, 6) is 0.401. The third-order valence-electron chi connectivity index (χ3n) is 5.51. The van der Waals surface area contributed by atoms with E-state index in [1.54, 1.807) is 24.1 Å². The quantitative estimate of drug-likeness (QED) is 0.369. The fourth-order valence-corrected chi connectivity index (χ4v) is 3.79. The number of hydrogen-bond donors (Lipinski definition) is 1. The number of methoxy groups -OCH3 is 1. The van der Waals surface area contributed by atoms with Gasteiger partial charge in [0.15, 0.2) is 0 Å². The van der Waals surface area contributed by atoms with Crippen molar-refractivity contribution in [2.75, 3.05) is 18.6 Å². The minimum atomic E-state index is -0.241. The molecule has 0 fully saturated rings. The molecule has 0 spiro atoms. The van der Waals surface area contributed by atoms with Gasteiger partial charge in [0.1, 0.15) is 16.9 Å². The fraction of sp³-hybridized carbons (Fsp3) is 0.385. The molecule has 0 aliphatic rings. The maximum atomic E-state index is 13.6. The summed E-state index contributed by atoms with van der Waals surface area (Å²) in [5.41, 5.74) is 1.45. The van der Waals surface area contributed by atoms with Gasteiger partial charge in [0.25, 0.3) is 5.91 Å². The van der Waals surface area contributed by atoms with Crippen LogP contribution in [0.4, 0.5) is 5.69 Å². The Morgan fingerprint density at radius 1 is 0.968 bits per heavy atom. The Morgan fingerprint density at radius 3 is 2.42 bits per heavy atom. The molecule has 0 aliphatic heterocycles. The molecule has 3 aromatic rings. The standard InChI is InChI=1S/C26H32N2O3/c1-3-4-5-6-7-8-13-18-28(22-15-10-12-17-24(22)30-2)26(29)21-19-20-14-9-11-16-23(20)31-25(21)27/h9-12,14-17,19,27H,3-8,13,18H2,1-2H3. The molecule has 0 aliphatic carbocycles. The summed E-state index contributed by atoms with van der Waals surface area (Å²) in [6.45, 7) is 2.79. The normalized spacial score (nSPS) is 10.9. The maximum Gasteiger partial charge on any atom is 0.263 e. The summed E-state index contributed by atoms with van der Waals surface area (Å²) < 4.78 is 11.1. The monoisotopic (exact) mass is 420 g/mol. The third-order valence-corrected chi connectivity index (χ3v) is 5.51. The number of fused-ring (bicyclic) bond motifs is 1. The summed E-state index contributed by atoms with van der Waals surface area (Å²) in [6.07, 6.45) is 8.16. The zero-order chi connectivity index (χ0) is 22.1. The number of nitrogens with one attached hydrogen (secondary N) is 1. The zero-order valence-corrected chi connectivity index (χ0v) is 18.5. The van der Waals surface area contributed by atoms with Gasteiger partial charge in [-0.1, -0.05) is 75.8 Å². The molecule has 0 unspecified atom stereocenters. The average Bonchev–Trinajstić information content (AvgIpc) is 2.80. The minimum absolute atomic E-state index is 0.122. The first-order chi connectivity index (χ1) is 15.2. The third kappa shape index (κ3) is 5.75. The number of anilines is 1. The molecule has 0 saturated heterocycles. The number of para-hydroxylation sites is 3. The number of benzene rings is 2. The Bertz CT molecular complexity index is 1060. The molecule has 3 rings (SSSR count). The lowest BCUT2D eigenvalue weighted by molar-refractivity contribution is 0.0981. The zero-order valence-electron chi connectivity index (χ0n) is 18.5. The van der Waals surface area contributed by atoms with Crippen LogP contribution in [0.1, 0.15) is 62.2 Å². The maximum absolute atomic E-state index is 13.6. The lowest BCUT2D eigenvalue weighted by Gasteiger charge is -2.24. The van der Waals surface area contributed by atoms with E-state index in [0.29, 0.717) is 23.6 Å². The van der Waals surface area contributed by atoms with E-state index in [9.17, 15) is 4.79 Å². The molecule has 5 heteroatoms. The summed E-state index contributed by atoms with van der Waals surface area (Å²) in [5, 5.41) is 9.10.